The summed E-state index contributed by atoms with van der Waals surface area (Å²) in [5, 5.41) is 0. The lowest BCUT2D eigenvalue weighted by atomic mass is 10.00. The first-order chi connectivity index (χ1) is 11.2. The van der Waals surface area contributed by atoms with E-state index in [9.17, 15) is 9.59 Å². The third-order valence-corrected chi connectivity index (χ3v) is 4.63. The highest BCUT2D eigenvalue weighted by atomic mass is 16.5. The number of carbonyl (C=O) groups is 2. The summed E-state index contributed by atoms with van der Waals surface area (Å²) in [6.45, 7) is 3.03. The van der Waals surface area contributed by atoms with Crippen molar-refractivity contribution >= 4 is 23.0 Å². The summed E-state index contributed by atoms with van der Waals surface area (Å²) in [6.07, 6.45) is 5.79. The molecule has 2 aromatic heterocycles. The van der Waals surface area contributed by atoms with Crippen molar-refractivity contribution in [3.63, 3.8) is 0 Å². The van der Waals surface area contributed by atoms with Crippen molar-refractivity contribution in [3.8, 4) is 0 Å². The highest BCUT2D eigenvalue weighted by molar-refractivity contribution is 5.95. The first kappa shape index (κ1) is 15.6. The van der Waals surface area contributed by atoms with Gasteiger partial charge in [0, 0.05) is 24.7 Å². The summed E-state index contributed by atoms with van der Waals surface area (Å²) in [4.78, 5) is 26.7. The van der Waals surface area contributed by atoms with Crippen molar-refractivity contribution in [2.24, 2.45) is 0 Å². The minimum Gasteiger partial charge on any atom is -0.464 e. The van der Waals surface area contributed by atoms with Gasteiger partial charge in [-0.3, -0.25) is 4.79 Å². The number of carbonyl (C=O) groups excluding carboxylic acids is 2. The van der Waals surface area contributed by atoms with E-state index in [4.69, 9.17) is 9.15 Å². The molecule has 0 radical (unpaired) electrons. The molecule has 1 aliphatic heterocycles. The van der Waals surface area contributed by atoms with E-state index in [0.29, 0.717) is 17.3 Å². The fourth-order valence-electron chi connectivity index (χ4n) is 3.40. The topological polar surface area (TPSA) is 64.7 Å². The molecule has 3 rings (SSSR count). The molecule has 0 spiro atoms. The first-order valence-corrected chi connectivity index (χ1v) is 8.10. The summed E-state index contributed by atoms with van der Waals surface area (Å²) < 4.78 is 11.9. The molecule has 2 aromatic rings. The second-order valence-corrected chi connectivity index (χ2v) is 5.92. The van der Waals surface area contributed by atoms with Crippen molar-refractivity contribution in [2.45, 2.75) is 45.2 Å². The maximum Gasteiger partial charge on any atom is 0.354 e. The molecule has 0 N–H and O–H groups in total. The minimum atomic E-state index is -0.463. The summed E-state index contributed by atoms with van der Waals surface area (Å²) in [7, 11) is 1.33. The van der Waals surface area contributed by atoms with Gasteiger partial charge >= 0.3 is 5.97 Å². The Bertz CT molecular complexity index is 715. The summed E-state index contributed by atoms with van der Waals surface area (Å²) >= 11 is 0. The van der Waals surface area contributed by atoms with E-state index < -0.39 is 5.97 Å². The number of hydrogen-bond donors (Lipinski definition) is 0. The van der Waals surface area contributed by atoms with Crippen LogP contribution < -0.4 is 0 Å². The number of piperidine rings is 1. The number of amides is 1. The van der Waals surface area contributed by atoms with Gasteiger partial charge in [-0.05, 0) is 25.7 Å². The van der Waals surface area contributed by atoms with Crippen LogP contribution in [0.25, 0.3) is 11.1 Å². The van der Waals surface area contributed by atoms with E-state index in [0.717, 1.165) is 31.3 Å². The van der Waals surface area contributed by atoms with Gasteiger partial charge in [-0.2, -0.15) is 0 Å². The van der Waals surface area contributed by atoms with Crippen molar-refractivity contribution in [3.05, 3.63) is 24.1 Å². The zero-order valence-corrected chi connectivity index (χ0v) is 13.6. The van der Waals surface area contributed by atoms with Crippen molar-refractivity contribution in [1.82, 2.24) is 9.47 Å². The third kappa shape index (κ3) is 2.85. The van der Waals surface area contributed by atoms with Crippen LogP contribution in [0.5, 0.6) is 0 Å². The van der Waals surface area contributed by atoms with Crippen LogP contribution in [0.2, 0.25) is 0 Å². The number of nitrogens with zero attached hydrogens (tertiary/aromatic N) is 2. The maximum absolute atomic E-state index is 12.8. The van der Waals surface area contributed by atoms with Crippen LogP contribution in [0.1, 0.15) is 43.1 Å². The first-order valence-electron chi connectivity index (χ1n) is 8.10. The van der Waals surface area contributed by atoms with Crippen LogP contribution in [0, 0.1) is 0 Å². The zero-order chi connectivity index (χ0) is 16.4. The molecule has 0 aliphatic carbocycles. The van der Waals surface area contributed by atoms with Crippen molar-refractivity contribution < 1.29 is 18.7 Å². The molecule has 1 aliphatic rings. The SMILES string of the molecule is CCC1CCCCN1C(=O)Cn1c(C(=O)OC)cc2occc21. The van der Waals surface area contributed by atoms with Gasteiger partial charge in [-0.1, -0.05) is 6.92 Å². The number of hydrogen-bond acceptors (Lipinski definition) is 4. The normalized spacial score (nSPS) is 18.3. The van der Waals surface area contributed by atoms with Gasteiger partial charge in [-0.15, -0.1) is 0 Å². The Morgan fingerprint density at radius 1 is 1.39 bits per heavy atom. The highest BCUT2D eigenvalue weighted by Gasteiger charge is 2.27. The van der Waals surface area contributed by atoms with Crippen LogP contribution in [0.3, 0.4) is 0 Å². The van der Waals surface area contributed by atoms with Gasteiger partial charge in [0.2, 0.25) is 5.91 Å². The van der Waals surface area contributed by atoms with Gasteiger partial charge in [0.1, 0.15) is 12.2 Å². The lowest BCUT2D eigenvalue weighted by Gasteiger charge is -2.35. The molecule has 1 atom stereocenters. The molecule has 0 aromatic carbocycles. The fraction of sp³-hybridized carbons (Fsp3) is 0.529. The molecule has 3 heterocycles. The van der Waals surface area contributed by atoms with Crippen molar-refractivity contribution in [1.29, 1.82) is 0 Å². The van der Waals surface area contributed by atoms with Crippen LogP contribution in [-0.4, -0.2) is 41.0 Å². The molecule has 1 unspecified atom stereocenters. The quantitative estimate of drug-likeness (QED) is 0.813. The van der Waals surface area contributed by atoms with E-state index >= 15 is 0 Å². The van der Waals surface area contributed by atoms with E-state index in [1.807, 2.05) is 4.90 Å². The van der Waals surface area contributed by atoms with Crippen LogP contribution >= 0.6 is 0 Å². The Hall–Kier alpha value is -2.24. The van der Waals surface area contributed by atoms with Gasteiger partial charge in [0.15, 0.2) is 5.58 Å². The number of esters is 1. The molecule has 124 valence electrons. The van der Waals surface area contributed by atoms with E-state index in [1.54, 1.807) is 23.0 Å². The number of furan rings is 1. The molecule has 1 saturated heterocycles. The number of rotatable bonds is 4. The standard InChI is InChI=1S/C17H22N2O4/c1-3-12-6-4-5-8-18(12)16(20)11-19-13-7-9-23-15(13)10-14(19)17(21)22-2/h7,9-10,12H,3-6,8,11H2,1-2H3. The van der Waals surface area contributed by atoms with Gasteiger partial charge < -0.3 is 18.6 Å². The number of methoxy groups -OCH3 is 1. The Morgan fingerprint density at radius 3 is 2.96 bits per heavy atom. The smallest absolute Gasteiger partial charge is 0.354 e. The largest absolute Gasteiger partial charge is 0.464 e. The lowest BCUT2D eigenvalue weighted by Crippen LogP contribution is -2.45. The molecular formula is C17H22N2O4. The second kappa shape index (κ2) is 6.48. The highest BCUT2D eigenvalue weighted by Crippen LogP contribution is 2.24. The van der Waals surface area contributed by atoms with Crippen LogP contribution in [0.15, 0.2) is 22.8 Å². The Labute approximate surface area is 135 Å². The fourth-order valence-corrected chi connectivity index (χ4v) is 3.40. The minimum absolute atomic E-state index is 0.0420. The molecular weight excluding hydrogens is 296 g/mol. The third-order valence-electron chi connectivity index (χ3n) is 4.63. The van der Waals surface area contributed by atoms with Crippen molar-refractivity contribution in [2.75, 3.05) is 13.7 Å². The molecule has 6 nitrogen and oxygen atoms in total. The Balaban J connectivity index is 1.89. The van der Waals surface area contributed by atoms with Gasteiger partial charge in [0.05, 0.1) is 18.9 Å². The Kier molecular flexibility index (Phi) is 4.41. The number of ether oxygens (including phenoxy) is 1. The van der Waals surface area contributed by atoms with Crippen LogP contribution in [-0.2, 0) is 16.1 Å². The maximum atomic E-state index is 12.8. The lowest BCUT2D eigenvalue weighted by molar-refractivity contribution is -0.135. The van der Waals surface area contributed by atoms with E-state index in [1.165, 1.54) is 13.5 Å². The van der Waals surface area contributed by atoms with Gasteiger partial charge in [0.25, 0.3) is 0 Å². The van der Waals surface area contributed by atoms with E-state index in [2.05, 4.69) is 6.92 Å². The average molecular weight is 318 g/mol. The second-order valence-electron chi connectivity index (χ2n) is 5.92. The predicted octanol–water partition coefficient (Wildman–Crippen LogP) is 2.81. The zero-order valence-electron chi connectivity index (χ0n) is 13.6. The molecule has 23 heavy (non-hydrogen) atoms. The summed E-state index contributed by atoms with van der Waals surface area (Å²) in [5.74, 6) is -0.421. The number of fused-ring (bicyclic) bond motifs is 1. The van der Waals surface area contributed by atoms with Gasteiger partial charge in [-0.25, -0.2) is 4.79 Å². The number of likely N-dealkylation sites (tertiary alicyclic amines) is 1. The predicted molar refractivity (Wildman–Crippen MR) is 85.2 cm³/mol. The summed E-state index contributed by atoms with van der Waals surface area (Å²) in [6, 6.07) is 3.69. The molecule has 6 heteroatoms. The molecule has 1 amide bonds. The van der Waals surface area contributed by atoms with E-state index in [-0.39, 0.29) is 12.5 Å². The number of aromatic nitrogens is 1. The Morgan fingerprint density at radius 2 is 2.22 bits per heavy atom. The molecule has 0 bridgehead atoms. The monoisotopic (exact) mass is 318 g/mol. The molecule has 1 fully saturated rings. The average Bonchev–Trinajstić information content (AvgIpc) is 3.16. The van der Waals surface area contributed by atoms with Crippen LogP contribution in [0.4, 0.5) is 0 Å². The summed E-state index contributed by atoms with van der Waals surface area (Å²) in [5.41, 5.74) is 1.67. The molecule has 0 saturated carbocycles.